The molecule has 0 aromatic carbocycles. The summed E-state index contributed by atoms with van der Waals surface area (Å²) in [6.07, 6.45) is -3.28. The quantitative estimate of drug-likeness (QED) is 0.325. The van der Waals surface area contributed by atoms with E-state index in [-0.39, 0.29) is 0 Å². The van der Waals surface area contributed by atoms with Crippen molar-refractivity contribution in [2.75, 3.05) is 6.50 Å². The maximum absolute atomic E-state index is 11.7. The number of hydrogen-bond acceptors (Lipinski definition) is 6. The number of aliphatic hydroxyl groups is 1. The highest BCUT2D eigenvalue weighted by Gasteiger charge is 2.40. The number of esters is 2. The summed E-state index contributed by atoms with van der Waals surface area (Å²) in [5.74, 6) is -6.76. The summed E-state index contributed by atoms with van der Waals surface area (Å²) in [6, 6.07) is 0. The molecular formula is C11H15NO6. The first-order valence-corrected chi connectivity index (χ1v) is 4.90. The number of carbonyl (C=O) groups is 3. The molecule has 0 aliphatic carbocycles. The first kappa shape index (κ1) is 8.96. The summed E-state index contributed by atoms with van der Waals surface area (Å²) in [4.78, 5) is 34.4. The molecule has 1 amide bonds. The van der Waals surface area contributed by atoms with Crippen LogP contribution in [-0.4, -0.2) is 35.2 Å². The van der Waals surface area contributed by atoms with Crippen LogP contribution in [0.1, 0.15) is 32.6 Å². The van der Waals surface area contributed by atoms with Crippen LogP contribution in [0.15, 0.2) is 11.3 Å². The Kier molecular flexibility index (Phi) is 2.52. The van der Waals surface area contributed by atoms with E-state index in [0.717, 1.165) is 6.92 Å². The van der Waals surface area contributed by atoms with Gasteiger partial charge in [0.15, 0.2) is 5.57 Å². The van der Waals surface area contributed by atoms with Gasteiger partial charge in [-0.1, -0.05) is 0 Å². The van der Waals surface area contributed by atoms with Gasteiger partial charge in [-0.15, -0.1) is 0 Å². The second kappa shape index (κ2) is 5.07. The number of amides is 1. The molecule has 7 nitrogen and oxygen atoms in total. The molecular weight excluding hydrogens is 242 g/mol. The Morgan fingerprint density at radius 1 is 1.39 bits per heavy atom. The first-order valence-electron chi connectivity index (χ1n) is 6.90. The summed E-state index contributed by atoms with van der Waals surface area (Å²) in [6.45, 7) is 0.344. The Morgan fingerprint density at radius 3 is 2.33 bits per heavy atom. The van der Waals surface area contributed by atoms with Gasteiger partial charge in [0.25, 0.3) is 5.79 Å². The van der Waals surface area contributed by atoms with Gasteiger partial charge < -0.3 is 19.9 Å². The van der Waals surface area contributed by atoms with E-state index in [2.05, 4.69) is 0 Å². The predicted molar refractivity (Wildman–Crippen MR) is 59.2 cm³/mol. The van der Waals surface area contributed by atoms with Crippen molar-refractivity contribution < 1.29 is 34.4 Å². The molecule has 1 saturated heterocycles. The van der Waals surface area contributed by atoms with Gasteiger partial charge in [-0.05, 0) is 0 Å². The topological polar surface area (TPSA) is 102 Å². The Labute approximate surface area is 109 Å². The van der Waals surface area contributed by atoms with Gasteiger partial charge in [-0.2, -0.15) is 0 Å². The smallest absolute Gasteiger partial charge is 0.352 e. The van der Waals surface area contributed by atoms with Gasteiger partial charge in [0, 0.05) is 39.1 Å². The molecule has 0 saturated carbocycles. The Bertz CT molecular complexity index is 547. The second-order valence-corrected chi connectivity index (χ2v) is 3.83. The molecule has 7 heteroatoms. The highest BCUT2D eigenvalue weighted by molar-refractivity contribution is 6.15. The maximum Gasteiger partial charge on any atom is 0.352 e. The molecule has 18 heavy (non-hydrogen) atoms. The first-order chi connectivity index (χ1) is 9.71. The van der Waals surface area contributed by atoms with Crippen LogP contribution in [0.3, 0.4) is 0 Å². The maximum atomic E-state index is 11.7. The van der Waals surface area contributed by atoms with E-state index in [1.54, 1.807) is 5.32 Å². The van der Waals surface area contributed by atoms with Gasteiger partial charge in [0.1, 0.15) is 5.76 Å². The highest BCUT2D eigenvalue weighted by Crippen LogP contribution is 2.24. The fourth-order valence-corrected chi connectivity index (χ4v) is 1.09. The van der Waals surface area contributed by atoms with Crippen LogP contribution < -0.4 is 5.32 Å². The van der Waals surface area contributed by atoms with Crippen LogP contribution in [-0.2, 0) is 23.9 Å². The van der Waals surface area contributed by atoms with Crippen molar-refractivity contribution in [2.24, 2.45) is 0 Å². The summed E-state index contributed by atoms with van der Waals surface area (Å²) in [7, 11) is 0. The molecule has 0 aromatic heterocycles. The van der Waals surface area contributed by atoms with E-state index in [1.165, 1.54) is 13.8 Å². The number of rotatable bonds is 3. The normalized spacial score (nSPS) is 22.7. The third kappa shape index (κ3) is 3.47. The predicted octanol–water partition coefficient (Wildman–Crippen LogP) is 0.161. The Balaban J connectivity index is 3.32. The minimum Gasteiger partial charge on any atom is -0.511 e. The number of hydrogen-bond donors (Lipinski definition) is 2. The van der Waals surface area contributed by atoms with Crippen LogP contribution in [0.4, 0.5) is 0 Å². The number of carbonyl (C=O) groups excluding carboxylic acids is 3. The molecule has 1 fully saturated rings. The monoisotopic (exact) mass is 261 g/mol. The van der Waals surface area contributed by atoms with Gasteiger partial charge >= 0.3 is 11.9 Å². The van der Waals surface area contributed by atoms with E-state index >= 15 is 0 Å². The van der Waals surface area contributed by atoms with E-state index in [0.29, 0.717) is 0 Å². The zero-order chi connectivity index (χ0) is 17.5. The van der Waals surface area contributed by atoms with Crippen molar-refractivity contribution in [3.8, 4) is 0 Å². The summed E-state index contributed by atoms with van der Waals surface area (Å²) in [5.41, 5.74) is -1.17. The van der Waals surface area contributed by atoms with Crippen molar-refractivity contribution in [1.82, 2.24) is 5.32 Å². The molecule has 0 aromatic rings. The zero-order valence-electron chi connectivity index (χ0n) is 14.0. The molecule has 0 spiro atoms. The number of aliphatic hydroxyl groups excluding tert-OH is 1. The highest BCUT2D eigenvalue weighted by atomic mass is 16.7. The molecule has 1 aliphatic rings. The molecule has 0 unspecified atom stereocenters. The second-order valence-electron chi connectivity index (χ2n) is 3.83. The molecule has 1 aliphatic heterocycles. The van der Waals surface area contributed by atoms with Crippen molar-refractivity contribution in [1.29, 1.82) is 0 Å². The van der Waals surface area contributed by atoms with Gasteiger partial charge in [0.2, 0.25) is 5.91 Å². The number of ether oxygens (including phenoxy) is 2. The van der Waals surface area contributed by atoms with E-state index < -0.39 is 47.8 Å². The van der Waals surface area contributed by atoms with Crippen LogP contribution in [0, 0.1) is 0 Å². The third-order valence-electron chi connectivity index (χ3n) is 1.74. The lowest BCUT2D eigenvalue weighted by Crippen LogP contribution is -2.42. The van der Waals surface area contributed by atoms with Crippen molar-refractivity contribution in [3.05, 3.63) is 11.3 Å². The Hall–Kier alpha value is -2.05. The Morgan fingerprint density at radius 2 is 1.89 bits per heavy atom. The van der Waals surface area contributed by atoms with E-state index in [9.17, 15) is 19.5 Å². The summed E-state index contributed by atoms with van der Waals surface area (Å²) in [5, 5.41) is 11.5. The van der Waals surface area contributed by atoms with Crippen molar-refractivity contribution >= 4 is 17.8 Å². The molecule has 1 rings (SSSR count). The fraction of sp³-hybridized carbons (Fsp3) is 0.545. The van der Waals surface area contributed by atoms with E-state index in [4.69, 9.17) is 15.0 Å². The van der Waals surface area contributed by atoms with Crippen molar-refractivity contribution in [3.63, 3.8) is 0 Å². The average molecular weight is 261 g/mol. The van der Waals surface area contributed by atoms with Crippen LogP contribution in [0.25, 0.3) is 0 Å². The zero-order valence-corrected chi connectivity index (χ0v) is 9.99. The van der Waals surface area contributed by atoms with E-state index in [1.807, 2.05) is 0 Å². The fourth-order valence-electron chi connectivity index (χ4n) is 1.09. The SMILES string of the molecule is [2H]C([2H])(NC(C)=O)C([2H])([2H])C(O)=C1C(=O)OC(C)(C)OC1=O. The van der Waals surface area contributed by atoms with Crippen LogP contribution in [0.2, 0.25) is 0 Å². The lowest BCUT2D eigenvalue weighted by molar-refractivity contribution is -0.222. The van der Waals surface area contributed by atoms with Gasteiger partial charge in [-0.3, -0.25) is 4.79 Å². The molecule has 1 heterocycles. The minimum atomic E-state index is -3.28. The average Bonchev–Trinajstić information content (AvgIpc) is 2.23. The lowest BCUT2D eigenvalue weighted by atomic mass is 10.1. The standard InChI is InChI=1S/C11H15NO6/c1-6(13)12-5-4-7(14)8-9(15)17-11(2,3)18-10(8)16/h14H,4-5H2,1-3H3,(H,12,13)/i4D2,5D2. The van der Waals surface area contributed by atoms with Crippen LogP contribution >= 0.6 is 0 Å². The molecule has 0 atom stereocenters. The van der Waals surface area contributed by atoms with Gasteiger partial charge in [0.05, 0.1) is 0 Å². The molecule has 0 bridgehead atoms. The number of cyclic esters (lactones) is 2. The molecule has 0 radical (unpaired) electrons. The summed E-state index contributed by atoms with van der Waals surface area (Å²) < 4.78 is 39.5. The van der Waals surface area contributed by atoms with Gasteiger partial charge in [-0.25, -0.2) is 9.59 Å². The third-order valence-corrected chi connectivity index (χ3v) is 1.74. The summed E-state index contributed by atoms with van der Waals surface area (Å²) >= 11 is 0. The van der Waals surface area contributed by atoms with Crippen LogP contribution in [0.5, 0.6) is 0 Å². The lowest BCUT2D eigenvalue weighted by Gasteiger charge is -2.30. The largest absolute Gasteiger partial charge is 0.511 e. The van der Waals surface area contributed by atoms with Crippen molar-refractivity contribution in [2.45, 2.75) is 32.9 Å². The molecule has 100 valence electrons. The number of nitrogens with one attached hydrogen (secondary N) is 1. The molecule has 2 N–H and O–H groups in total. The minimum absolute atomic E-state index is 0.915.